The minimum absolute atomic E-state index is 0.558. The Hall–Kier alpha value is -0.310. The smallest absolute Gasteiger partial charge is 0.0367 e. The highest BCUT2D eigenvalue weighted by atomic mass is 127. The standard InChI is InChI=1S/C10H8I/c11-10-6-5-8-3-1-2-4-9(8)7-10/h1-7,10H. The van der Waals surface area contributed by atoms with Crippen molar-refractivity contribution in [2.24, 2.45) is 0 Å². The van der Waals surface area contributed by atoms with Crippen molar-refractivity contribution in [1.82, 2.24) is 0 Å². The lowest BCUT2D eigenvalue weighted by Crippen LogP contribution is -2.01. The number of allylic oxidation sites excluding steroid dienone is 1. The van der Waals surface area contributed by atoms with Gasteiger partial charge in [-0.3, -0.25) is 0 Å². The van der Waals surface area contributed by atoms with Gasteiger partial charge in [0.25, 0.3) is 0 Å². The summed E-state index contributed by atoms with van der Waals surface area (Å²) in [4.78, 5) is 0. The van der Waals surface area contributed by atoms with Crippen molar-refractivity contribution in [3.8, 4) is 0 Å². The van der Waals surface area contributed by atoms with Gasteiger partial charge in [-0.2, -0.15) is 0 Å². The molecule has 0 fully saturated rings. The summed E-state index contributed by atoms with van der Waals surface area (Å²) in [5.74, 6) is 0. The quantitative estimate of drug-likeness (QED) is 0.493. The Labute approximate surface area is 80.5 Å². The molecule has 1 aromatic carbocycles. The Balaban J connectivity index is 2.46. The number of halogens is 1. The summed E-state index contributed by atoms with van der Waals surface area (Å²) in [6.45, 7) is 0. The van der Waals surface area contributed by atoms with Crippen molar-refractivity contribution < 1.29 is 0 Å². The van der Waals surface area contributed by atoms with Crippen LogP contribution in [0.5, 0.6) is 0 Å². The van der Waals surface area contributed by atoms with Crippen molar-refractivity contribution in [2.45, 2.75) is 3.92 Å². The van der Waals surface area contributed by atoms with Gasteiger partial charge in [-0.1, -0.05) is 59.0 Å². The lowest BCUT2D eigenvalue weighted by molar-refractivity contribution is 1.27. The summed E-state index contributed by atoms with van der Waals surface area (Å²) in [7, 11) is 0. The SMILES string of the molecule is IC1[CH]c2ccccc2C=C1. The van der Waals surface area contributed by atoms with Crippen LogP contribution in [0.3, 0.4) is 0 Å². The molecule has 0 N–H and O–H groups in total. The highest BCUT2D eigenvalue weighted by molar-refractivity contribution is 14.1. The summed E-state index contributed by atoms with van der Waals surface area (Å²) in [5, 5.41) is 0. The van der Waals surface area contributed by atoms with Gasteiger partial charge in [-0.15, -0.1) is 0 Å². The highest BCUT2D eigenvalue weighted by Gasteiger charge is 2.09. The van der Waals surface area contributed by atoms with Crippen molar-refractivity contribution in [3.63, 3.8) is 0 Å². The van der Waals surface area contributed by atoms with Crippen LogP contribution in [0.1, 0.15) is 11.1 Å². The molecule has 1 radical (unpaired) electrons. The first-order chi connectivity index (χ1) is 5.36. The van der Waals surface area contributed by atoms with Gasteiger partial charge in [0.15, 0.2) is 0 Å². The largest absolute Gasteiger partial charge is 0.0774 e. The lowest BCUT2D eigenvalue weighted by atomic mass is 9.98. The molecule has 0 heterocycles. The van der Waals surface area contributed by atoms with Crippen LogP contribution in [0.2, 0.25) is 0 Å². The first-order valence-electron chi connectivity index (χ1n) is 3.62. The van der Waals surface area contributed by atoms with E-state index in [1.165, 1.54) is 11.1 Å². The molecule has 0 aliphatic heterocycles. The minimum atomic E-state index is 0.558. The third-order valence-corrected chi connectivity index (χ3v) is 2.57. The molecule has 0 amide bonds. The highest BCUT2D eigenvalue weighted by Crippen LogP contribution is 2.24. The average Bonchev–Trinajstić information content (AvgIpc) is 2.04. The number of fused-ring (bicyclic) bond motifs is 1. The Kier molecular flexibility index (Phi) is 1.98. The third-order valence-electron chi connectivity index (χ3n) is 1.79. The van der Waals surface area contributed by atoms with Gasteiger partial charge >= 0.3 is 0 Å². The summed E-state index contributed by atoms with van der Waals surface area (Å²) < 4.78 is 0.558. The number of hydrogen-bond donors (Lipinski definition) is 0. The predicted octanol–water partition coefficient (Wildman–Crippen LogP) is 3.07. The Morgan fingerprint density at radius 3 is 2.64 bits per heavy atom. The number of alkyl halides is 1. The first-order valence-corrected chi connectivity index (χ1v) is 4.87. The molecular formula is C10H8I. The molecule has 0 spiro atoms. The second kappa shape index (κ2) is 2.97. The summed E-state index contributed by atoms with van der Waals surface area (Å²) in [6, 6.07) is 8.46. The normalized spacial score (nSPS) is 21.4. The van der Waals surface area contributed by atoms with Gasteiger partial charge in [0, 0.05) is 10.3 Å². The topological polar surface area (TPSA) is 0 Å². The van der Waals surface area contributed by atoms with Crippen molar-refractivity contribution in [3.05, 3.63) is 47.9 Å². The zero-order chi connectivity index (χ0) is 7.68. The number of benzene rings is 1. The fourth-order valence-corrected chi connectivity index (χ4v) is 1.83. The second-order valence-electron chi connectivity index (χ2n) is 2.60. The summed E-state index contributed by atoms with van der Waals surface area (Å²) in [5.41, 5.74) is 2.69. The lowest BCUT2D eigenvalue weighted by Gasteiger charge is -2.12. The molecule has 2 rings (SSSR count). The van der Waals surface area contributed by atoms with Crippen LogP contribution in [0.25, 0.3) is 6.08 Å². The monoisotopic (exact) mass is 255 g/mol. The van der Waals surface area contributed by atoms with E-state index in [4.69, 9.17) is 0 Å². The number of rotatable bonds is 0. The van der Waals surface area contributed by atoms with Crippen LogP contribution in [-0.2, 0) is 0 Å². The molecule has 0 aromatic heterocycles. The molecule has 1 aliphatic carbocycles. The molecule has 0 bridgehead atoms. The van der Waals surface area contributed by atoms with Gasteiger partial charge < -0.3 is 0 Å². The molecule has 1 heteroatoms. The molecule has 1 aliphatic rings. The average molecular weight is 255 g/mol. The molecule has 55 valence electrons. The van der Waals surface area contributed by atoms with E-state index in [9.17, 15) is 0 Å². The molecule has 1 aromatic rings. The molecule has 1 unspecified atom stereocenters. The van der Waals surface area contributed by atoms with E-state index in [1.807, 2.05) is 0 Å². The van der Waals surface area contributed by atoms with E-state index in [0.29, 0.717) is 3.92 Å². The zero-order valence-electron chi connectivity index (χ0n) is 6.00. The van der Waals surface area contributed by atoms with Gasteiger partial charge in [0.1, 0.15) is 0 Å². The van der Waals surface area contributed by atoms with E-state index < -0.39 is 0 Å². The van der Waals surface area contributed by atoms with Crippen molar-refractivity contribution in [2.75, 3.05) is 0 Å². The second-order valence-corrected chi connectivity index (χ2v) is 4.04. The van der Waals surface area contributed by atoms with Crippen LogP contribution in [0.15, 0.2) is 30.3 Å². The summed E-state index contributed by atoms with van der Waals surface area (Å²) in [6.07, 6.45) is 6.67. The molecule has 0 saturated carbocycles. The number of hydrogen-bond acceptors (Lipinski definition) is 0. The third kappa shape index (κ3) is 1.48. The maximum Gasteiger partial charge on any atom is 0.0367 e. The predicted molar refractivity (Wildman–Crippen MR) is 56.7 cm³/mol. The fraction of sp³-hybridized carbons (Fsp3) is 0.100. The maximum atomic E-state index is 2.41. The van der Waals surface area contributed by atoms with Gasteiger partial charge in [-0.05, 0) is 11.1 Å². The molecule has 0 nitrogen and oxygen atoms in total. The van der Waals surface area contributed by atoms with E-state index >= 15 is 0 Å². The Morgan fingerprint density at radius 2 is 1.82 bits per heavy atom. The molecule has 1 atom stereocenters. The zero-order valence-corrected chi connectivity index (χ0v) is 8.15. The van der Waals surface area contributed by atoms with Gasteiger partial charge in [-0.25, -0.2) is 0 Å². The molecule has 0 saturated heterocycles. The van der Waals surface area contributed by atoms with Crippen molar-refractivity contribution in [1.29, 1.82) is 0 Å². The molecular weight excluding hydrogens is 247 g/mol. The minimum Gasteiger partial charge on any atom is -0.0774 e. The van der Waals surface area contributed by atoms with E-state index in [2.05, 4.69) is 65.4 Å². The molecule has 11 heavy (non-hydrogen) atoms. The van der Waals surface area contributed by atoms with Crippen LogP contribution < -0.4 is 0 Å². The fourth-order valence-electron chi connectivity index (χ4n) is 1.24. The van der Waals surface area contributed by atoms with Crippen molar-refractivity contribution >= 4 is 28.7 Å². The van der Waals surface area contributed by atoms with E-state index in [1.54, 1.807) is 0 Å². The van der Waals surface area contributed by atoms with E-state index in [0.717, 1.165) is 0 Å². The van der Waals surface area contributed by atoms with Gasteiger partial charge in [0.05, 0.1) is 0 Å². The Morgan fingerprint density at radius 1 is 1.09 bits per heavy atom. The first kappa shape index (κ1) is 7.35. The van der Waals surface area contributed by atoms with E-state index in [-0.39, 0.29) is 0 Å². The summed E-state index contributed by atoms with van der Waals surface area (Å²) >= 11 is 2.41. The van der Waals surface area contributed by atoms with Crippen LogP contribution in [-0.4, -0.2) is 3.92 Å². The van der Waals surface area contributed by atoms with Gasteiger partial charge in [0.2, 0.25) is 0 Å². The van der Waals surface area contributed by atoms with Crippen LogP contribution in [0.4, 0.5) is 0 Å². The maximum absolute atomic E-state index is 2.41. The van der Waals surface area contributed by atoms with Crippen LogP contribution in [0, 0.1) is 6.42 Å². The van der Waals surface area contributed by atoms with Crippen LogP contribution >= 0.6 is 22.6 Å². The Bertz CT molecular complexity index is 289.